The molecular formula is C21H21N5O3S. The van der Waals surface area contributed by atoms with Crippen LogP contribution in [0.5, 0.6) is 0 Å². The van der Waals surface area contributed by atoms with Gasteiger partial charge < -0.3 is 19.5 Å². The number of benzene rings is 1. The highest BCUT2D eigenvalue weighted by Gasteiger charge is 2.24. The third-order valence-corrected chi connectivity index (χ3v) is 5.52. The van der Waals surface area contributed by atoms with E-state index in [-0.39, 0.29) is 23.7 Å². The van der Waals surface area contributed by atoms with Crippen LogP contribution in [-0.4, -0.2) is 32.1 Å². The van der Waals surface area contributed by atoms with Crippen LogP contribution in [0, 0.1) is 6.92 Å². The molecule has 0 spiro atoms. The number of hydrogen-bond donors (Lipinski definition) is 1. The molecule has 3 aromatic heterocycles. The first-order valence-corrected chi connectivity index (χ1v) is 10.4. The predicted molar refractivity (Wildman–Crippen MR) is 116 cm³/mol. The second kappa shape index (κ2) is 8.19. The van der Waals surface area contributed by atoms with Crippen molar-refractivity contribution in [2.75, 3.05) is 12.3 Å². The highest BCUT2D eigenvalue weighted by molar-refractivity contribution is 7.98. The van der Waals surface area contributed by atoms with Gasteiger partial charge in [0.2, 0.25) is 5.71 Å². The summed E-state index contributed by atoms with van der Waals surface area (Å²) in [5.41, 5.74) is 8.65. The maximum absolute atomic E-state index is 12.3. The first kappa shape index (κ1) is 20.0. The highest BCUT2D eigenvalue weighted by atomic mass is 32.2. The smallest absolute Gasteiger partial charge is 0.342 e. The van der Waals surface area contributed by atoms with E-state index in [1.807, 2.05) is 30.3 Å². The molecule has 3 heterocycles. The van der Waals surface area contributed by atoms with Crippen molar-refractivity contribution >= 4 is 45.7 Å². The lowest BCUT2D eigenvalue weighted by atomic mass is 10.2. The molecule has 0 saturated carbocycles. The van der Waals surface area contributed by atoms with E-state index in [9.17, 15) is 4.79 Å². The molecule has 0 radical (unpaired) electrons. The second-order valence-corrected chi connectivity index (χ2v) is 7.47. The van der Waals surface area contributed by atoms with Crippen molar-refractivity contribution in [1.29, 1.82) is 0 Å². The lowest BCUT2D eigenvalue weighted by molar-refractivity contribution is 0.0526. The molecule has 2 N–H and O–H groups in total. The van der Waals surface area contributed by atoms with Gasteiger partial charge in [0, 0.05) is 6.54 Å². The molecule has 4 aromatic rings. The van der Waals surface area contributed by atoms with Crippen LogP contribution in [-0.2, 0) is 17.0 Å². The number of hydrogen-bond acceptors (Lipinski definition) is 8. The molecule has 9 heteroatoms. The summed E-state index contributed by atoms with van der Waals surface area (Å²) in [6.45, 7) is 8.16. The van der Waals surface area contributed by atoms with Gasteiger partial charge in [0.15, 0.2) is 5.16 Å². The lowest BCUT2D eigenvalue weighted by Crippen LogP contribution is -2.07. The van der Waals surface area contributed by atoms with E-state index in [1.54, 1.807) is 13.8 Å². The van der Waals surface area contributed by atoms with Gasteiger partial charge in [-0.25, -0.2) is 14.8 Å². The molecule has 0 saturated heterocycles. The summed E-state index contributed by atoms with van der Waals surface area (Å²) >= 11 is 1.50. The second-order valence-electron chi connectivity index (χ2n) is 6.53. The summed E-state index contributed by atoms with van der Waals surface area (Å²) in [7, 11) is 0. The van der Waals surface area contributed by atoms with E-state index in [4.69, 9.17) is 19.9 Å². The van der Waals surface area contributed by atoms with Crippen molar-refractivity contribution in [3.63, 3.8) is 0 Å². The number of rotatable bonds is 7. The fourth-order valence-electron chi connectivity index (χ4n) is 3.30. The minimum atomic E-state index is -0.496. The number of nitrogen functional groups attached to an aromatic ring is 1. The third-order valence-electron chi connectivity index (χ3n) is 4.54. The van der Waals surface area contributed by atoms with Gasteiger partial charge in [-0.15, -0.1) is 6.58 Å². The van der Waals surface area contributed by atoms with Crippen molar-refractivity contribution in [2.45, 2.75) is 31.3 Å². The number of furan rings is 1. The molecular weight excluding hydrogens is 402 g/mol. The molecule has 0 unspecified atom stereocenters. The first-order valence-electron chi connectivity index (χ1n) is 9.45. The lowest BCUT2D eigenvalue weighted by Gasteiger charge is -2.06. The Balaban J connectivity index is 1.66. The van der Waals surface area contributed by atoms with Crippen molar-refractivity contribution in [3.8, 4) is 0 Å². The zero-order valence-electron chi connectivity index (χ0n) is 16.7. The summed E-state index contributed by atoms with van der Waals surface area (Å²) in [6, 6.07) is 7.94. The number of para-hydroxylation sites is 2. The number of imidazole rings is 1. The van der Waals surface area contributed by atoms with Crippen LogP contribution in [0.4, 0.5) is 5.82 Å². The minimum Gasteiger partial charge on any atom is -0.462 e. The number of esters is 1. The van der Waals surface area contributed by atoms with E-state index in [0.717, 1.165) is 16.2 Å². The summed E-state index contributed by atoms with van der Waals surface area (Å²) in [4.78, 5) is 25.8. The third kappa shape index (κ3) is 3.52. The molecule has 0 atom stereocenters. The summed E-state index contributed by atoms with van der Waals surface area (Å²) < 4.78 is 12.9. The van der Waals surface area contributed by atoms with Crippen LogP contribution < -0.4 is 5.73 Å². The molecule has 0 fully saturated rings. The van der Waals surface area contributed by atoms with Crippen LogP contribution in [0.25, 0.3) is 22.1 Å². The Kier molecular flexibility index (Phi) is 5.45. The topological polar surface area (TPSA) is 109 Å². The number of allylic oxidation sites excluding steroid dienone is 1. The Morgan fingerprint density at radius 1 is 1.33 bits per heavy atom. The Hall–Kier alpha value is -3.33. The van der Waals surface area contributed by atoms with Crippen molar-refractivity contribution in [1.82, 2.24) is 19.5 Å². The first-order chi connectivity index (χ1) is 14.5. The monoisotopic (exact) mass is 423 g/mol. The fraction of sp³-hybridized carbons (Fsp3) is 0.238. The Morgan fingerprint density at radius 3 is 2.90 bits per heavy atom. The number of aromatic nitrogens is 4. The van der Waals surface area contributed by atoms with Gasteiger partial charge in [-0.3, -0.25) is 0 Å². The standard InChI is InChI=1S/C21H21N5O3S/c1-4-10-26-14-9-7-6-8-13(14)23-21(26)30-11-15-24-18(22)17-16(20(27)28-5-2)12(3)29-19(17)25-15/h4,6-9H,1,5,10-11H2,2-3H3,(H2,22,24,25). The molecule has 30 heavy (non-hydrogen) atoms. The molecule has 0 aliphatic rings. The average Bonchev–Trinajstić information content (AvgIpc) is 3.24. The summed E-state index contributed by atoms with van der Waals surface area (Å²) in [6.07, 6.45) is 1.83. The molecule has 1 aromatic carbocycles. The van der Waals surface area contributed by atoms with Gasteiger partial charge in [-0.05, 0) is 26.0 Å². The molecule has 8 nitrogen and oxygen atoms in total. The Labute approximate surface area is 177 Å². The number of aryl methyl sites for hydroxylation is 1. The molecule has 0 aliphatic carbocycles. The largest absolute Gasteiger partial charge is 0.462 e. The number of anilines is 1. The van der Waals surface area contributed by atoms with Crippen molar-refractivity contribution in [3.05, 3.63) is 54.1 Å². The van der Waals surface area contributed by atoms with E-state index in [0.29, 0.717) is 29.3 Å². The Morgan fingerprint density at radius 2 is 2.13 bits per heavy atom. The van der Waals surface area contributed by atoms with Crippen LogP contribution in [0.1, 0.15) is 28.9 Å². The minimum absolute atomic E-state index is 0.190. The quantitative estimate of drug-likeness (QED) is 0.269. The summed E-state index contributed by atoms with van der Waals surface area (Å²) in [5.74, 6) is 1.03. The van der Waals surface area contributed by atoms with Gasteiger partial charge in [-0.2, -0.15) is 4.98 Å². The molecule has 4 rings (SSSR count). The molecule has 0 amide bonds. The molecule has 0 aliphatic heterocycles. The number of fused-ring (bicyclic) bond motifs is 2. The van der Waals surface area contributed by atoms with Crippen LogP contribution in [0.2, 0.25) is 0 Å². The SMILES string of the molecule is C=CCn1c(SCc2nc(N)c3c(C(=O)OCC)c(C)oc3n2)nc2ccccc21. The number of thioether (sulfide) groups is 1. The summed E-state index contributed by atoms with van der Waals surface area (Å²) in [5, 5.41) is 1.22. The van der Waals surface area contributed by atoms with Gasteiger partial charge in [-0.1, -0.05) is 30.0 Å². The highest BCUT2D eigenvalue weighted by Crippen LogP contribution is 2.31. The maximum Gasteiger partial charge on any atom is 0.342 e. The predicted octanol–water partition coefficient (Wildman–Crippen LogP) is 4.12. The van der Waals surface area contributed by atoms with Crippen molar-refractivity contribution in [2.24, 2.45) is 0 Å². The zero-order chi connectivity index (χ0) is 21.3. The van der Waals surface area contributed by atoms with Crippen LogP contribution in [0.3, 0.4) is 0 Å². The van der Waals surface area contributed by atoms with Crippen LogP contribution >= 0.6 is 11.8 Å². The maximum atomic E-state index is 12.3. The van der Waals surface area contributed by atoms with E-state index < -0.39 is 5.97 Å². The van der Waals surface area contributed by atoms with Gasteiger partial charge >= 0.3 is 5.97 Å². The normalized spacial score (nSPS) is 11.3. The number of ether oxygens (including phenoxy) is 1. The Bertz CT molecular complexity index is 1260. The fourth-order valence-corrected chi connectivity index (χ4v) is 4.17. The van der Waals surface area contributed by atoms with Crippen LogP contribution in [0.15, 0.2) is 46.5 Å². The van der Waals surface area contributed by atoms with Gasteiger partial charge in [0.1, 0.15) is 23.0 Å². The van der Waals surface area contributed by atoms with Gasteiger partial charge in [0.25, 0.3) is 0 Å². The number of nitrogens with two attached hydrogens (primary N) is 1. The van der Waals surface area contributed by atoms with E-state index in [2.05, 4.69) is 21.1 Å². The molecule has 154 valence electrons. The van der Waals surface area contributed by atoms with Gasteiger partial charge in [0.05, 0.1) is 28.8 Å². The van der Waals surface area contributed by atoms with E-state index >= 15 is 0 Å². The zero-order valence-corrected chi connectivity index (χ0v) is 17.5. The number of carbonyl (C=O) groups excluding carboxylic acids is 1. The van der Waals surface area contributed by atoms with Crippen molar-refractivity contribution < 1.29 is 13.9 Å². The number of nitrogens with zero attached hydrogens (tertiary/aromatic N) is 4. The average molecular weight is 423 g/mol. The number of carbonyl (C=O) groups is 1. The van der Waals surface area contributed by atoms with E-state index in [1.165, 1.54) is 11.8 Å². The molecule has 0 bridgehead atoms.